The largest absolute Gasteiger partial charge is 0.508 e. The normalized spacial score (nSPS) is 17.0. The molecule has 0 aliphatic carbocycles. The maximum Gasteiger partial charge on any atom is 0.253 e. The molecule has 1 heterocycles. The third-order valence-corrected chi connectivity index (χ3v) is 7.69. The molecule has 1 atom stereocenters. The van der Waals surface area contributed by atoms with Gasteiger partial charge in [0.15, 0.2) is 0 Å². The quantitative estimate of drug-likeness (QED) is 0.626. The average Bonchev–Trinajstić information content (AvgIpc) is 2.84. The number of carbonyl (C=O) groups excluding carboxylic acids is 2. The van der Waals surface area contributed by atoms with E-state index in [1.54, 1.807) is 12.1 Å². The van der Waals surface area contributed by atoms with Gasteiger partial charge in [0.2, 0.25) is 10.0 Å². The Morgan fingerprint density at radius 3 is 2.06 bits per heavy atom. The second kappa shape index (κ2) is 9.17. The number of ketones is 1. The minimum Gasteiger partial charge on any atom is -0.508 e. The van der Waals surface area contributed by atoms with E-state index in [4.69, 9.17) is 0 Å². The van der Waals surface area contributed by atoms with E-state index in [1.807, 2.05) is 42.5 Å². The van der Waals surface area contributed by atoms with Gasteiger partial charge in [0.25, 0.3) is 5.91 Å². The zero-order chi connectivity index (χ0) is 23.6. The smallest absolute Gasteiger partial charge is 0.253 e. The first kappa shape index (κ1) is 22.7. The molecule has 0 saturated carbocycles. The van der Waals surface area contributed by atoms with Gasteiger partial charge in [-0.3, -0.25) is 9.59 Å². The molecule has 0 aromatic heterocycles. The van der Waals surface area contributed by atoms with E-state index in [2.05, 4.69) is 0 Å². The van der Waals surface area contributed by atoms with Crippen LogP contribution < -0.4 is 0 Å². The summed E-state index contributed by atoms with van der Waals surface area (Å²) in [5.74, 6) is -0.636. The Morgan fingerprint density at radius 1 is 0.848 bits per heavy atom. The highest BCUT2D eigenvalue weighted by Crippen LogP contribution is 2.25. The highest BCUT2D eigenvalue weighted by atomic mass is 32.2. The van der Waals surface area contributed by atoms with Gasteiger partial charge in [-0.05, 0) is 54.4 Å². The lowest BCUT2D eigenvalue weighted by Crippen LogP contribution is -2.58. The van der Waals surface area contributed by atoms with Gasteiger partial charge in [-0.2, -0.15) is 4.31 Å². The minimum absolute atomic E-state index is 0.00129. The first-order valence-electron chi connectivity index (χ1n) is 10.5. The van der Waals surface area contributed by atoms with E-state index < -0.39 is 16.1 Å². The SMILES string of the molecule is CC(=O)C1CN(C(=O)c2ccc(-c3ccccc3)cc2)CCN1S(=O)(=O)c1ccc(O)cc1. The van der Waals surface area contributed by atoms with Crippen LogP contribution in [0.1, 0.15) is 17.3 Å². The molecule has 3 aromatic rings. The number of carbonyl (C=O) groups is 2. The lowest BCUT2D eigenvalue weighted by molar-refractivity contribution is -0.121. The predicted molar refractivity (Wildman–Crippen MR) is 124 cm³/mol. The van der Waals surface area contributed by atoms with Crippen LogP contribution in [0.2, 0.25) is 0 Å². The monoisotopic (exact) mass is 464 g/mol. The van der Waals surface area contributed by atoms with Crippen molar-refractivity contribution in [3.63, 3.8) is 0 Å². The number of phenolic OH excluding ortho intramolecular Hbond substituents is 1. The first-order valence-corrected chi connectivity index (χ1v) is 12.0. The molecule has 0 bridgehead atoms. The number of phenols is 1. The van der Waals surface area contributed by atoms with Gasteiger partial charge < -0.3 is 10.0 Å². The molecule has 3 aromatic carbocycles. The fourth-order valence-electron chi connectivity index (χ4n) is 3.94. The summed E-state index contributed by atoms with van der Waals surface area (Å²) in [6.07, 6.45) is 0. The number of benzene rings is 3. The van der Waals surface area contributed by atoms with Crippen LogP contribution in [-0.4, -0.2) is 60.1 Å². The molecule has 4 rings (SSSR count). The van der Waals surface area contributed by atoms with E-state index in [-0.39, 0.29) is 42.0 Å². The van der Waals surface area contributed by atoms with Crippen LogP contribution in [0.4, 0.5) is 0 Å². The Balaban J connectivity index is 1.53. The molecule has 8 heteroatoms. The molecule has 0 radical (unpaired) electrons. The van der Waals surface area contributed by atoms with Crippen molar-refractivity contribution in [2.45, 2.75) is 17.9 Å². The van der Waals surface area contributed by atoms with Crippen molar-refractivity contribution in [3.05, 3.63) is 84.4 Å². The van der Waals surface area contributed by atoms with Crippen LogP contribution in [0.3, 0.4) is 0 Å². The highest BCUT2D eigenvalue weighted by Gasteiger charge is 2.40. The van der Waals surface area contributed by atoms with Gasteiger partial charge in [-0.15, -0.1) is 0 Å². The molecule has 1 aliphatic rings. The molecular weight excluding hydrogens is 440 g/mol. The summed E-state index contributed by atoms with van der Waals surface area (Å²) in [6.45, 7) is 1.47. The summed E-state index contributed by atoms with van der Waals surface area (Å²) < 4.78 is 27.4. The number of hydrogen-bond donors (Lipinski definition) is 1. The zero-order valence-corrected chi connectivity index (χ0v) is 18.9. The third-order valence-electron chi connectivity index (χ3n) is 5.77. The van der Waals surface area contributed by atoms with E-state index in [9.17, 15) is 23.1 Å². The molecule has 1 aliphatic heterocycles. The lowest BCUT2D eigenvalue weighted by atomic mass is 10.0. The molecule has 33 heavy (non-hydrogen) atoms. The Labute approximate surface area is 192 Å². The molecule has 1 saturated heterocycles. The van der Waals surface area contributed by atoms with Gasteiger partial charge in [0.05, 0.1) is 4.90 Å². The first-order chi connectivity index (χ1) is 15.8. The molecule has 1 amide bonds. The lowest BCUT2D eigenvalue weighted by Gasteiger charge is -2.39. The van der Waals surface area contributed by atoms with E-state index >= 15 is 0 Å². The molecule has 7 nitrogen and oxygen atoms in total. The maximum absolute atomic E-state index is 13.1. The van der Waals surface area contributed by atoms with Gasteiger partial charge in [-0.1, -0.05) is 42.5 Å². The molecule has 170 valence electrons. The Hall–Kier alpha value is -3.49. The summed E-state index contributed by atoms with van der Waals surface area (Å²) in [5.41, 5.74) is 2.51. The van der Waals surface area contributed by atoms with Crippen molar-refractivity contribution in [3.8, 4) is 16.9 Å². The second-order valence-corrected chi connectivity index (χ2v) is 9.82. The summed E-state index contributed by atoms with van der Waals surface area (Å²) in [4.78, 5) is 27.0. The van der Waals surface area contributed by atoms with Crippen molar-refractivity contribution in [1.29, 1.82) is 0 Å². The average molecular weight is 465 g/mol. The van der Waals surface area contributed by atoms with Crippen LogP contribution in [0, 0.1) is 0 Å². The van der Waals surface area contributed by atoms with E-state index in [1.165, 1.54) is 36.1 Å². The molecule has 1 unspecified atom stereocenters. The standard InChI is InChI=1S/C25H24N2O5S/c1-18(28)24-17-26(15-16-27(24)33(31,32)23-13-11-22(29)12-14-23)25(30)21-9-7-20(8-10-21)19-5-3-2-4-6-19/h2-14,24,29H,15-17H2,1H3. The molecule has 0 spiro atoms. The number of Topliss-reactive ketones (excluding diaryl/α,β-unsaturated/α-hetero) is 1. The number of nitrogens with zero attached hydrogens (tertiary/aromatic N) is 2. The highest BCUT2D eigenvalue weighted by molar-refractivity contribution is 7.89. The fourth-order valence-corrected chi connectivity index (χ4v) is 5.56. The Morgan fingerprint density at radius 2 is 1.45 bits per heavy atom. The van der Waals surface area contributed by atoms with Crippen LogP contribution >= 0.6 is 0 Å². The van der Waals surface area contributed by atoms with E-state index in [0.29, 0.717) is 5.56 Å². The van der Waals surface area contributed by atoms with Gasteiger partial charge in [-0.25, -0.2) is 8.42 Å². The number of rotatable bonds is 5. The Kier molecular flexibility index (Phi) is 6.31. The van der Waals surface area contributed by atoms with Crippen LogP contribution in [0.25, 0.3) is 11.1 Å². The number of aromatic hydroxyl groups is 1. The predicted octanol–water partition coefficient (Wildman–Crippen LogP) is 3.16. The summed E-state index contributed by atoms with van der Waals surface area (Å²) >= 11 is 0. The summed E-state index contributed by atoms with van der Waals surface area (Å²) in [5, 5.41) is 9.45. The topological polar surface area (TPSA) is 95.0 Å². The van der Waals surface area contributed by atoms with Crippen molar-refractivity contribution in [1.82, 2.24) is 9.21 Å². The summed E-state index contributed by atoms with van der Waals surface area (Å²) in [6, 6.07) is 21.2. The second-order valence-electron chi connectivity index (χ2n) is 7.93. The van der Waals surface area contributed by atoms with Crippen molar-refractivity contribution < 1.29 is 23.1 Å². The maximum atomic E-state index is 13.1. The fraction of sp³-hybridized carbons (Fsp3) is 0.200. The van der Waals surface area contributed by atoms with Crippen LogP contribution in [0.5, 0.6) is 5.75 Å². The van der Waals surface area contributed by atoms with Crippen molar-refractivity contribution >= 4 is 21.7 Å². The molecule has 1 fully saturated rings. The molecular formula is C25H24N2O5S. The number of piperazine rings is 1. The number of hydrogen-bond acceptors (Lipinski definition) is 5. The summed E-state index contributed by atoms with van der Waals surface area (Å²) in [7, 11) is -3.96. The van der Waals surface area contributed by atoms with Crippen molar-refractivity contribution in [2.24, 2.45) is 0 Å². The van der Waals surface area contributed by atoms with Gasteiger partial charge in [0.1, 0.15) is 17.6 Å². The molecule has 1 N–H and O–H groups in total. The van der Waals surface area contributed by atoms with Crippen LogP contribution in [-0.2, 0) is 14.8 Å². The minimum atomic E-state index is -3.96. The Bertz CT molecular complexity index is 1260. The van der Waals surface area contributed by atoms with Gasteiger partial charge in [0, 0.05) is 25.2 Å². The number of amides is 1. The van der Waals surface area contributed by atoms with Crippen molar-refractivity contribution in [2.75, 3.05) is 19.6 Å². The third kappa shape index (κ3) is 4.67. The zero-order valence-electron chi connectivity index (χ0n) is 18.1. The van der Waals surface area contributed by atoms with Gasteiger partial charge >= 0.3 is 0 Å². The number of sulfonamides is 1. The van der Waals surface area contributed by atoms with E-state index in [0.717, 1.165) is 15.4 Å². The van der Waals surface area contributed by atoms with Crippen LogP contribution in [0.15, 0.2) is 83.8 Å².